The number of benzene rings is 2. The first-order valence-electron chi connectivity index (χ1n) is 8.83. The first kappa shape index (κ1) is 15.9. The molecule has 3 aromatic rings. The van der Waals surface area contributed by atoms with Crippen LogP contribution in [0.3, 0.4) is 0 Å². The summed E-state index contributed by atoms with van der Waals surface area (Å²) in [7, 11) is 0. The number of nitrogens with zero attached hydrogens (tertiary/aromatic N) is 1. The Morgan fingerprint density at radius 3 is 2.88 bits per heavy atom. The molecule has 25 heavy (non-hydrogen) atoms. The van der Waals surface area contributed by atoms with Gasteiger partial charge in [-0.2, -0.15) is 0 Å². The number of carbonyl (C=O) groups is 1. The van der Waals surface area contributed by atoms with E-state index in [1.165, 1.54) is 0 Å². The van der Waals surface area contributed by atoms with Crippen LogP contribution in [0.15, 0.2) is 60.8 Å². The van der Waals surface area contributed by atoms with E-state index in [2.05, 4.69) is 4.98 Å². The number of aliphatic hydroxyl groups is 1. The lowest BCUT2D eigenvalue weighted by molar-refractivity contribution is 0.0667. The van der Waals surface area contributed by atoms with Gasteiger partial charge < -0.3 is 15.0 Å². The molecule has 0 radical (unpaired) electrons. The standard InChI is InChI=1S/C21H22N2O2/c24-20(15-5-2-1-3-6-15)14-18-7-4-12-23(18)21(25)17-8-9-19-16(13-17)10-11-22-19/h1-3,5-6,8-11,13,18,20,22,24H,4,7,12,14H2/t18-,20+/m0/s1. The largest absolute Gasteiger partial charge is 0.388 e. The topological polar surface area (TPSA) is 56.3 Å². The number of aliphatic hydroxyl groups excluding tert-OH is 1. The van der Waals surface area contributed by atoms with Gasteiger partial charge in [0.15, 0.2) is 0 Å². The van der Waals surface area contributed by atoms with Crippen LogP contribution in [-0.2, 0) is 0 Å². The van der Waals surface area contributed by atoms with Crippen molar-refractivity contribution in [1.82, 2.24) is 9.88 Å². The van der Waals surface area contributed by atoms with Gasteiger partial charge in [-0.05, 0) is 49.1 Å². The van der Waals surface area contributed by atoms with Crippen LogP contribution < -0.4 is 0 Å². The summed E-state index contributed by atoms with van der Waals surface area (Å²) >= 11 is 0. The van der Waals surface area contributed by atoms with E-state index in [1.807, 2.05) is 65.7 Å². The molecule has 4 rings (SSSR count). The van der Waals surface area contributed by atoms with Gasteiger partial charge in [-0.3, -0.25) is 4.79 Å². The van der Waals surface area contributed by atoms with Crippen LogP contribution in [-0.4, -0.2) is 33.5 Å². The summed E-state index contributed by atoms with van der Waals surface area (Å²) in [6, 6.07) is 17.5. The van der Waals surface area contributed by atoms with E-state index >= 15 is 0 Å². The lowest BCUT2D eigenvalue weighted by Crippen LogP contribution is -2.36. The third-order valence-electron chi connectivity index (χ3n) is 5.12. The first-order chi connectivity index (χ1) is 12.2. The predicted molar refractivity (Wildman–Crippen MR) is 98.4 cm³/mol. The maximum atomic E-state index is 13.0. The van der Waals surface area contributed by atoms with Crippen LogP contribution in [0.5, 0.6) is 0 Å². The van der Waals surface area contributed by atoms with Gasteiger partial charge in [0.1, 0.15) is 0 Å². The molecule has 128 valence electrons. The number of hydrogen-bond acceptors (Lipinski definition) is 2. The van der Waals surface area contributed by atoms with Crippen LogP contribution in [0.25, 0.3) is 10.9 Å². The van der Waals surface area contributed by atoms with E-state index in [0.29, 0.717) is 12.0 Å². The fourth-order valence-electron chi connectivity index (χ4n) is 3.77. The third kappa shape index (κ3) is 3.17. The molecular weight excluding hydrogens is 312 g/mol. The Bertz CT molecular complexity index is 872. The molecule has 0 spiro atoms. The molecule has 1 saturated heterocycles. The van der Waals surface area contributed by atoms with Crippen molar-refractivity contribution in [2.75, 3.05) is 6.54 Å². The van der Waals surface area contributed by atoms with Crippen LogP contribution in [0.4, 0.5) is 0 Å². The van der Waals surface area contributed by atoms with E-state index in [4.69, 9.17) is 0 Å². The molecule has 0 saturated carbocycles. The third-order valence-corrected chi connectivity index (χ3v) is 5.12. The number of fused-ring (bicyclic) bond motifs is 1. The van der Waals surface area contributed by atoms with Gasteiger partial charge in [-0.15, -0.1) is 0 Å². The molecule has 0 aliphatic carbocycles. The quantitative estimate of drug-likeness (QED) is 0.760. The van der Waals surface area contributed by atoms with Crippen LogP contribution >= 0.6 is 0 Å². The van der Waals surface area contributed by atoms with Crippen LogP contribution in [0, 0.1) is 0 Å². The van der Waals surface area contributed by atoms with E-state index in [-0.39, 0.29) is 11.9 Å². The zero-order chi connectivity index (χ0) is 17.2. The Hall–Kier alpha value is -2.59. The summed E-state index contributed by atoms with van der Waals surface area (Å²) in [6.45, 7) is 0.760. The summed E-state index contributed by atoms with van der Waals surface area (Å²) in [5.41, 5.74) is 2.66. The summed E-state index contributed by atoms with van der Waals surface area (Å²) in [5.74, 6) is 0.0610. The average Bonchev–Trinajstić information content (AvgIpc) is 3.30. The molecule has 1 aliphatic heterocycles. The number of aromatic amines is 1. The van der Waals surface area contributed by atoms with Gasteiger partial charge in [0.05, 0.1) is 6.10 Å². The summed E-state index contributed by atoms with van der Waals surface area (Å²) < 4.78 is 0. The van der Waals surface area contributed by atoms with Gasteiger partial charge in [0, 0.05) is 35.2 Å². The van der Waals surface area contributed by atoms with E-state index in [0.717, 1.165) is 35.9 Å². The highest BCUT2D eigenvalue weighted by molar-refractivity contribution is 5.98. The van der Waals surface area contributed by atoms with E-state index in [1.54, 1.807) is 0 Å². The monoisotopic (exact) mass is 334 g/mol. The maximum absolute atomic E-state index is 13.0. The number of H-pyrrole nitrogens is 1. The molecule has 4 nitrogen and oxygen atoms in total. The number of amides is 1. The first-order valence-corrected chi connectivity index (χ1v) is 8.83. The Morgan fingerprint density at radius 2 is 2.04 bits per heavy atom. The molecular formula is C21H22N2O2. The van der Waals surface area contributed by atoms with Gasteiger partial charge in [-0.1, -0.05) is 30.3 Å². The molecule has 1 aromatic heterocycles. The van der Waals surface area contributed by atoms with Crippen molar-refractivity contribution in [3.63, 3.8) is 0 Å². The molecule has 2 N–H and O–H groups in total. The number of nitrogens with one attached hydrogen (secondary N) is 1. The number of aromatic nitrogens is 1. The van der Waals surface area contributed by atoms with Crippen LogP contribution in [0.1, 0.15) is 41.3 Å². The van der Waals surface area contributed by atoms with Crippen LogP contribution in [0.2, 0.25) is 0 Å². The Balaban J connectivity index is 1.51. The molecule has 2 atom stereocenters. The zero-order valence-electron chi connectivity index (χ0n) is 14.1. The second kappa shape index (κ2) is 6.73. The van der Waals surface area contributed by atoms with E-state index in [9.17, 15) is 9.90 Å². The van der Waals surface area contributed by atoms with Gasteiger partial charge in [0.2, 0.25) is 0 Å². The minimum atomic E-state index is -0.535. The Labute approximate surface area is 147 Å². The highest BCUT2D eigenvalue weighted by Gasteiger charge is 2.31. The van der Waals surface area contributed by atoms with Crippen molar-refractivity contribution in [3.05, 3.63) is 71.9 Å². The lowest BCUT2D eigenvalue weighted by Gasteiger charge is -2.27. The second-order valence-corrected chi connectivity index (χ2v) is 6.74. The molecule has 2 aromatic carbocycles. The van der Waals surface area contributed by atoms with Crippen molar-refractivity contribution >= 4 is 16.8 Å². The second-order valence-electron chi connectivity index (χ2n) is 6.74. The number of hydrogen-bond donors (Lipinski definition) is 2. The molecule has 0 unspecified atom stereocenters. The summed E-state index contributed by atoms with van der Waals surface area (Å²) in [4.78, 5) is 18.1. The minimum absolute atomic E-state index is 0.0610. The molecule has 1 aliphatic rings. The van der Waals surface area contributed by atoms with Gasteiger partial charge in [-0.25, -0.2) is 0 Å². The fourth-order valence-corrected chi connectivity index (χ4v) is 3.77. The number of carbonyl (C=O) groups excluding carboxylic acids is 1. The lowest BCUT2D eigenvalue weighted by atomic mass is 10.00. The van der Waals surface area contributed by atoms with Crippen molar-refractivity contribution in [2.45, 2.75) is 31.4 Å². The molecule has 0 bridgehead atoms. The summed E-state index contributed by atoms with van der Waals surface area (Å²) in [5, 5.41) is 11.6. The molecule has 2 heterocycles. The van der Waals surface area contributed by atoms with E-state index < -0.39 is 6.10 Å². The highest BCUT2D eigenvalue weighted by Crippen LogP contribution is 2.29. The Kier molecular flexibility index (Phi) is 4.28. The van der Waals surface area contributed by atoms with Crippen molar-refractivity contribution in [3.8, 4) is 0 Å². The number of likely N-dealkylation sites (tertiary alicyclic amines) is 1. The SMILES string of the molecule is O=C(c1ccc2[nH]ccc2c1)N1CCC[C@H]1C[C@@H](O)c1ccccc1. The molecule has 4 heteroatoms. The normalized spacial score (nSPS) is 18.6. The smallest absolute Gasteiger partial charge is 0.254 e. The van der Waals surface area contributed by atoms with Crippen molar-refractivity contribution in [1.29, 1.82) is 0 Å². The predicted octanol–water partition coefficient (Wildman–Crippen LogP) is 3.90. The van der Waals surface area contributed by atoms with Gasteiger partial charge in [0.25, 0.3) is 5.91 Å². The fraction of sp³-hybridized carbons (Fsp3) is 0.286. The zero-order valence-corrected chi connectivity index (χ0v) is 14.1. The maximum Gasteiger partial charge on any atom is 0.254 e. The van der Waals surface area contributed by atoms with Crippen molar-refractivity contribution in [2.24, 2.45) is 0 Å². The highest BCUT2D eigenvalue weighted by atomic mass is 16.3. The molecule has 1 amide bonds. The average molecular weight is 334 g/mol. The number of rotatable bonds is 4. The minimum Gasteiger partial charge on any atom is -0.388 e. The van der Waals surface area contributed by atoms with Crippen molar-refractivity contribution < 1.29 is 9.90 Å². The molecule has 1 fully saturated rings. The summed E-state index contributed by atoms with van der Waals surface area (Å²) in [6.07, 6.45) is 3.87. The Morgan fingerprint density at radius 1 is 1.20 bits per heavy atom. The van der Waals surface area contributed by atoms with Gasteiger partial charge >= 0.3 is 0 Å².